The second kappa shape index (κ2) is 3.80. The summed E-state index contributed by atoms with van der Waals surface area (Å²) >= 11 is 0. The van der Waals surface area contributed by atoms with E-state index in [0.29, 0.717) is 0 Å². The fraction of sp³-hybridized carbons (Fsp3) is 0.800. The molecule has 0 heteroatoms. The molecule has 0 radical (unpaired) electrons. The second-order valence-electron chi connectivity index (χ2n) is 3.49. The number of hydrogen-bond donors (Lipinski definition) is 0. The van der Waals surface area contributed by atoms with Crippen molar-refractivity contribution in [1.82, 2.24) is 0 Å². The van der Waals surface area contributed by atoms with E-state index in [1.807, 2.05) is 0 Å². The van der Waals surface area contributed by atoms with Crippen LogP contribution in [0.4, 0.5) is 0 Å². The summed E-state index contributed by atoms with van der Waals surface area (Å²) in [7, 11) is 0. The number of hydrogen-bond acceptors (Lipinski definition) is 0. The van der Waals surface area contributed by atoms with Crippen molar-refractivity contribution in [3.8, 4) is 0 Å². The molecule has 0 N–H and O–H groups in total. The number of allylic oxidation sites excluding steroid dienone is 1. The first-order chi connectivity index (χ1) is 4.84. The van der Waals surface area contributed by atoms with E-state index in [2.05, 4.69) is 19.6 Å². The molecule has 0 bridgehead atoms. The molecule has 0 aromatic rings. The molecule has 1 saturated carbocycles. The third-order valence-electron chi connectivity index (χ3n) is 2.77. The maximum Gasteiger partial charge on any atom is -0.0236 e. The molecular formula is C10H18. The Labute approximate surface area is 64.3 Å². The van der Waals surface area contributed by atoms with Crippen molar-refractivity contribution >= 4 is 0 Å². The Hall–Kier alpha value is -0.260. The van der Waals surface area contributed by atoms with Crippen molar-refractivity contribution in [3.05, 3.63) is 12.7 Å². The highest BCUT2D eigenvalue weighted by Gasteiger charge is 2.16. The highest BCUT2D eigenvalue weighted by Crippen LogP contribution is 2.29. The van der Waals surface area contributed by atoms with Crippen LogP contribution in [0.15, 0.2) is 12.7 Å². The van der Waals surface area contributed by atoms with Gasteiger partial charge in [-0.15, -0.1) is 6.58 Å². The van der Waals surface area contributed by atoms with Gasteiger partial charge in [0.15, 0.2) is 0 Å². The molecule has 1 rings (SSSR count). The average molecular weight is 138 g/mol. The molecule has 1 aliphatic carbocycles. The lowest BCUT2D eigenvalue weighted by Gasteiger charge is -2.25. The Morgan fingerprint density at radius 2 is 1.90 bits per heavy atom. The van der Waals surface area contributed by atoms with Crippen molar-refractivity contribution in [2.24, 2.45) is 11.8 Å². The third-order valence-corrected chi connectivity index (χ3v) is 2.77. The predicted octanol–water partition coefficient (Wildman–Crippen LogP) is 3.39. The normalized spacial score (nSPS) is 24.1. The zero-order chi connectivity index (χ0) is 7.40. The molecule has 1 fully saturated rings. The Morgan fingerprint density at radius 3 is 2.40 bits per heavy atom. The van der Waals surface area contributed by atoms with Crippen LogP contribution in [-0.2, 0) is 0 Å². The van der Waals surface area contributed by atoms with Crippen LogP contribution in [0.5, 0.6) is 0 Å². The van der Waals surface area contributed by atoms with Gasteiger partial charge in [0.05, 0.1) is 0 Å². The molecule has 0 spiro atoms. The lowest BCUT2D eigenvalue weighted by Crippen LogP contribution is -2.12. The predicted molar refractivity (Wildman–Crippen MR) is 45.9 cm³/mol. The SMILES string of the molecule is C=C[C@@H](C)C1CCCCC1. The summed E-state index contributed by atoms with van der Waals surface area (Å²) in [4.78, 5) is 0. The Balaban J connectivity index is 2.30. The maximum atomic E-state index is 3.84. The molecular weight excluding hydrogens is 120 g/mol. The topological polar surface area (TPSA) is 0 Å². The summed E-state index contributed by atoms with van der Waals surface area (Å²) in [5.74, 6) is 1.70. The summed E-state index contributed by atoms with van der Waals surface area (Å²) in [6.45, 7) is 6.13. The lowest BCUT2D eigenvalue weighted by molar-refractivity contribution is 0.300. The third kappa shape index (κ3) is 1.86. The minimum Gasteiger partial charge on any atom is -0.103 e. The van der Waals surface area contributed by atoms with Crippen LogP contribution in [0.3, 0.4) is 0 Å². The average Bonchev–Trinajstić information content (AvgIpc) is 2.05. The van der Waals surface area contributed by atoms with Crippen molar-refractivity contribution in [3.63, 3.8) is 0 Å². The van der Waals surface area contributed by atoms with Crippen LogP contribution in [0.2, 0.25) is 0 Å². The van der Waals surface area contributed by atoms with Gasteiger partial charge in [0.1, 0.15) is 0 Å². The number of rotatable bonds is 2. The van der Waals surface area contributed by atoms with Crippen LogP contribution in [0.1, 0.15) is 39.0 Å². The lowest BCUT2D eigenvalue weighted by atomic mass is 9.81. The van der Waals surface area contributed by atoms with Crippen molar-refractivity contribution < 1.29 is 0 Å². The summed E-state index contributed by atoms with van der Waals surface area (Å²) in [5.41, 5.74) is 0. The van der Waals surface area contributed by atoms with E-state index in [1.165, 1.54) is 32.1 Å². The fourth-order valence-corrected chi connectivity index (χ4v) is 1.85. The van der Waals surface area contributed by atoms with Gasteiger partial charge in [0.25, 0.3) is 0 Å². The van der Waals surface area contributed by atoms with Gasteiger partial charge in [0, 0.05) is 0 Å². The molecule has 0 aliphatic heterocycles. The summed E-state index contributed by atoms with van der Waals surface area (Å²) in [6, 6.07) is 0. The van der Waals surface area contributed by atoms with Crippen molar-refractivity contribution in [1.29, 1.82) is 0 Å². The first kappa shape index (κ1) is 7.84. The van der Waals surface area contributed by atoms with E-state index in [1.54, 1.807) is 0 Å². The fourth-order valence-electron chi connectivity index (χ4n) is 1.85. The molecule has 0 saturated heterocycles. The van der Waals surface area contributed by atoms with Gasteiger partial charge in [-0.05, 0) is 24.7 Å². The largest absolute Gasteiger partial charge is 0.103 e. The highest BCUT2D eigenvalue weighted by atomic mass is 14.2. The molecule has 0 aromatic carbocycles. The summed E-state index contributed by atoms with van der Waals surface area (Å²) in [6.07, 6.45) is 9.34. The smallest absolute Gasteiger partial charge is 0.0236 e. The maximum absolute atomic E-state index is 3.84. The molecule has 1 aliphatic rings. The van der Waals surface area contributed by atoms with Gasteiger partial charge < -0.3 is 0 Å². The Morgan fingerprint density at radius 1 is 1.30 bits per heavy atom. The van der Waals surface area contributed by atoms with Crippen LogP contribution in [0, 0.1) is 11.8 Å². The molecule has 0 heterocycles. The quantitative estimate of drug-likeness (QED) is 0.513. The first-order valence-electron chi connectivity index (χ1n) is 4.47. The van der Waals surface area contributed by atoms with Crippen molar-refractivity contribution in [2.75, 3.05) is 0 Å². The van der Waals surface area contributed by atoms with E-state index in [4.69, 9.17) is 0 Å². The Bertz CT molecular complexity index is 98.6. The second-order valence-corrected chi connectivity index (χ2v) is 3.49. The minimum atomic E-state index is 0.750. The molecule has 0 aromatic heterocycles. The first-order valence-corrected chi connectivity index (χ1v) is 4.47. The molecule has 1 atom stereocenters. The minimum absolute atomic E-state index is 0.750. The van der Waals surface area contributed by atoms with Gasteiger partial charge in [-0.1, -0.05) is 32.3 Å². The Kier molecular flexibility index (Phi) is 2.98. The zero-order valence-corrected chi connectivity index (χ0v) is 6.97. The molecule has 0 nitrogen and oxygen atoms in total. The zero-order valence-electron chi connectivity index (χ0n) is 6.97. The van der Waals surface area contributed by atoms with Gasteiger partial charge >= 0.3 is 0 Å². The molecule has 10 heavy (non-hydrogen) atoms. The van der Waals surface area contributed by atoms with E-state index < -0.39 is 0 Å². The van der Waals surface area contributed by atoms with Crippen molar-refractivity contribution in [2.45, 2.75) is 39.0 Å². The standard InChI is InChI=1S/C10H18/c1-3-9(2)10-7-5-4-6-8-10/h3,9-10H,1,4-8H2,2H3/t9-/m1/s1. The summed E-state index contributed by atoms with van der Waals surface area (Å²) in [5, 5.41) is 0. The van der Waals surface area contributed by atoms with Gasteiger partial charge in [-0.2, -0.15) is 0 Å². The van der Waals surface area contributed by atoms with Crippen LogP contribution < -0.4 is 0 Å². The van der Waals surface area contributed by atoms with Gasteiger partial charge in [-0.3, -0.25) is 0 Å². The van der Waals surface area contributed by atoms with Gasteiger partial charge in [-0.25, -0.2) is 0 Å². The monoisotopic (exact) mass is 138 g/mol. The molecule has 58 valence electrons. The van der Waals surface area contributed by atoms with Crippen LogP contribution in [-0.4, -0.2) is 0 Å². The highest BCUT2D eigenvalue weighted by molar-refractivity contribution is 4.82. The van der Waals surface area contributed by atoms with E-state index in [0.717, 1.165) is 11.8 Å². The van der Waals surface area contributed by atoms with E-state index >= 15 is 0 Å². The van der Waals surface area contributed by atoms with Gasteiger partial charge in [0.2, 0.25) is 0 Å². The van der Waals surface area contributed by atoms with E-state index in [9.17, 15) is 0 Å². The summed E-state index contributed by atoms with van der Waals surface area (Å²) < 4.78 is 0. The van der Waals surface area contributed by atoms with Crippen LogP contribution in [0.25, 0.3) is 0 Å². The van der Waals surface area contributed by atoms with Crippen LogP contribution >= 0.6 is 0 Å². The van der Waals surface area contributed by atoms with E-state index in [-0.39, 0.29) is 0 Å². The molecule has 0 amide bonds. The molecule has 0 unspecified atom stereocenters.